The van der Waals surface area contributed by atoms with Crippen LogP contribution in [0.5, 0.6) is 0 Å². The van der Waals surface area contributed by atoms with Gasteiger partial charge in [-0.3, -0.25) is 0 Å². The van der Waals surface area contributed by atoms with Crippen LogP contribution >= 0.6 is 0 Å². The molecule has 0 aliphatic rings. The predicted molar refractivity (Wildman–Crippen MR) is 41.8 cm³/mol. The van der Waals surface area contributed by atoms with Gasteiger partial charge in [-0.1, -0.05) is 4.85 Å². The number of hydrogen-bond donors (Lipinski definition) is 0. The first-order valence-electron chi connectivity index (χ1n) is 4.18. The van der Waals surface area contributed by atoms with E-state index >= 15 is 0 Å². The van der Waals surface area contributed by atoms with Crippen LogP contribution in [0.1, 0.15) is 0 Å². The Bertz CT molecular complexity index is 583. The largest absolute Gasteiger partial charge is 0.493 e. The van der Waals surface area contributed by atoms with Crippen LogP contribution in [0, 0.1) is 0 Å². The molecule has 14 heteroatoms. The summed E-state index contributed by atoms with van der Waals surface area (Å²) in [4.78, 5) is 39.9. The van der Waals surface area contributed by atoms with E-state index in [0.29, 0.717) is 0 Å². The zero-order valence-corrected chi connectivity index (χ0v) is 8.73. The van der Waals surface area contributed by atoms with E-state index in [9.17, 15) is 40.7 Å². The minimum absolute atomic E-state index is 0.0929. The number of carbonyl (C=O) groups is 2. The number of halogens is 6. The van der Waals surface area contributed by atoms with Gasteiger partial charge in [-0.15, -0.1) is 0 Å². The summed E-state index contributed by atoms with van der Waals surface area (Å²) in [7, 11) is 0. The molecule has 0 radical (unpaired) electrons. The first-order chi connectivity index (χ1) is 8.93. The van der Waals surface area contributed by atoms with Crippen molar-refractivity contribution in [1.29, 1.82) is 0 Å². The summed E-state index contributed by atoms with van der Waals surface area (Å²) in [5, 5.41) is 0. The van der Waals surface area contributed by atoms with Crippen LogP contribution in [-0.2, 0) is 9.59 Å². The number of carbonyl (C=O) groups excluding carboxylic acids is 2. The van der Waals surface area contributed by atoms with Crippen molar-refractivity contribution in [3.05, 3.63) is 16.8 Å². The first-order valence-corrected chi connectivity index (χ1v) is 4.18. The van der Waals surface area contributed by atoms with Gasteiger partial charge >= 0.3 is 30.0 Å². The SMILES string of the molecule is O=C(On1cnc(=O)n1OC(=O)C(F)(F)F)C(F)(F)F. The monoisotopic (exact) mass is 309 g/mol. The molecule has 0 unspecified atom stereocenters. The summed E-state index contributed by atoms with van der Waals surface area (Å²) in [6, 6.07) is 0. The molecule has 0 aliphatic heterocycles. The average molecular weight is 309 g/mol. The molecule has 0 N–H and O–H groups in total. The lowest BCUT2D eigenvalue weighted by atomic mass is 10.7. The van der Waals surface area contributed by atoms with Gasteiger partial charge in [-0.05, 0) is 4.85 Å². The quantitative estimate of drug-likeness (QED) is 0.656. The van der Waals surface area contributed by atoms with Gasteiger partial charge in [0.2, 0.25) is 0 Å². The summed E-state index contributed by atoms with van der Waals surface area (Å²) in [6.07, 6.45) is -10.9. The Morgan fingerprint density at radius 1 is 1.00 bits per heavy atom. The highest BCUT2D eigenvalue weighted by molar-refractivity contribution is 5.76. The first kappa shape index (κ1) is 15.5. The molecule has 1 aromatic rings. The molecule has 0 saturated heterocycles. The fraction of sp³-hybridized carbons (Fsp3) is 0.333. The normalized spacial score (nSPS) is 12.1. The second kappa shape index (κ2) is 4.86. The molecule has 1 heterocycles. The van der Waals surface area contributed by atoms with Crippen molar-refractivity contribution < 1.29 is 45.6 Å². The molecule has 0 amide bonds. The Morgan fingerprint density at radius 2 is 1.45 bits per heavy atom. The van der Waals surface area contributed by atoms with Gasteiger partial charge in [0.15, 0.2) is 6.33 Å². The van der Waals surface area contributed by atoms with Crippen molar-refractivity contribution in [2.45, 2.75) is 12.4 Å². The van der Waals surface area contributed by atoms with Crippen LogP contribution in [-0.4, -0.2) is 39.0 Å². The Kier molecular flexibility index (Phi) is 3.77. The molecule has 112 valence electrons. The summed E-state index contributed by atoms with van der Waals surface area (Å²) in [5.41, 5.74) is -1.72. The third kappa shape index (κ3) is 3.48. The Morgan fingerprint density at radius 3 is 1.90 bits per heavy atom. The lowest BCUT2D eigenvalue weighted by Crippen LogP contribution is -2.44. The van der Waals surface area contributed by atoms with Crippen molar-refractivity contribution in [2.75, 3.05) is 0 Å². The van der Waals surface area contributed by atoms with Gasteiger partial charge in [0.05, 0.1) is 0 Å². The molecular formula is C6HF6N3O5. The zero-order chi connectivity index (χ0) is 15.7. The van der Waals surface area contributed by atoms with Crippen LogP contribution in [0.3, 0.4) is 0 Å². The van der Waals surface area contributed by atoms with Gasteiger partial charge in [0.25, 0.3) is 0 Å². The Hall–Kier alpha value is -2.54. The third-order valence-electron chi connectivity index (χ3n) is 1.42. The maximum Gasteiger partial charge on any atom is 0.493 e. The molecule has 8 nitrogen and oxygen atoms in total. The molecule has 20 heavy (non-hydrogen) atoms. The number of aromatic nitrogens is 3. The highest BCUT2D eigenvalue weighted by atomic mass is 19.4. The lowest BCUT2D eigenvalue weighted by molar-refractivity contribution is -0.217. The number of hydrogen-bond acceptors (Lipinski definition) is 6. The molecule has 0 aliphatic carbocycles. The van der Waals surface area contributed by atoms with E-state index in [0.717, 1.165) is 0 Å². The summed E-state index contributed by atoms with van der Waals surface area (Å²) < 4.78 is 71.1. The third-order valence-corrected chi connectivity index (χ3v) is 1.42. The highest BCUT2D eigenvalue weighted by Crippen LogP contribution is 2.16. The lowest BCUT2D eigenvalue weighted by Gasteiger charge is -2.10. The van der Waals surface area contributed by atoms with Crippen molar-refractivity contribution in [3.63, 3.8) is 0 Å². The van der Waals surface area contributed by atoms with E-state index in [4.69, 9.17) is 0 Å². The van der Waals surface area contributed by atoms with Gasteiger partial charge in [-0.25, -0.2) is 14.4 Å². The van der Waals surface area contributed by atoms with Crippen molar-refractivity contribution in [1.82, 2.24) is 14.7 Å². The second-order valence-electron chi connectivity index (χ2n) is 2.86. The van der Waals surface area contributed by atoms with E-state index in [1.54, 1.807) is 0 Å². The molecule has 1 aromatic heterocycles. The summed E-state index contributed by atoms with van der Waals surface area (Å²) >= 11 is 0. The molecule has 1 rings (SSSR count). The fourth-order valence-electron chi connectivity index (χ4n) is 0.686. The van der Waals surface area contributed by atoms with E-state index in [1.807, 2.05) is 0 Å². The van der Waals surface area contributed by atoms with Crippen LogP contribution in [0.2, 0.25) is 0 Å². The Balaban J connectivity index is 3.00. The molecule has 0 saturated carbocycles. The van der Waals surface area contributed by atoms with E-state index in [2.05, 4.69) is 14.7 Å². The summed E-state index contributed by atoms with van der Waals surface area (Å²) in [5.74, 6) is -5.82. The van der Waals surface area contributed by atoms with Crippen LogP contribution in [0.4, 0.5) is 26.3 Å². The minimum Gasteiger partial charge on any atom is -0.307 e. The van der Waals surface area contributed by atoms with Gasteiger partial charge in [0, 0.05) is 0 Å². The molecule has 0 spiro atoms. The van der Waals surface area contributed by atoms with Crippen LogP contribution < -0.4 is 15.4 Å². The topological polar surface area (TPSA) is 92.4 Å². The molecule has 0 atom stereocenters. The van der Waals surface area contributed by atoms with Gasteiger partial charge < -0.3 is 9.68 Å². The summed E-state index contributed by atoms with van der Waals surface area (Å²) in [6.45, 7) is 0. The number of nitrogens with zero attached hydrogens (tertiary/aromatic N) is 3. The van der Waals surface area contributed by atoms with Gasteiger partial charge in [-0.2, -0.15) is 31.3 Å². The molecular weight excluding hydrogens is 308 g/mol. The fourth-order valence-corrected chi connectivity index (χ4v) is 0.686. The average Bonchev–Trinajstić information content (AvgIpc) is 2.58. The van der Waals surface area contributed by atoms with Crippen molar-refractivity contribution in [2.24, 2.45) is 0 Å². The van der Waals surface area contributed by atoms with Crippen LogP contribution in [0.25, 0.3) is 0 Å². The number of alkyl halides is 6. The standard InChI is InChI=1S/C6HF6N3O5/c7-5(8,9)2(16)19-14-1-13-4(18)15(14)20-3(17)6(10,11)12/h1H. The van der Waals surface area contributed by atoms with E-state index in [-0.39, 0.29) is 6.33 Å². The van der Waals surface area contributed by atoms with Gasteiger partial charge in [0.1, 0.15) is 0 Å². The second-order valence-corrected chi connectivity index (χ2v) is 2.86. The maximum absolute atomic E-state index is 11.8. The van der Waals surface area contributed by atoms with Crippen molar-refractivity contribution in [3.8, 4) is 0 Å². The highest BCUT2D eigenvalue weighted by Gasteiger charge is 2.44. The predicted octanol–water partition coefficient (Wildman–Crippen LogP) is -0.920. The Labute approximate surface area is 103 Å². The molecule has 0 fully saturated rings. The van der Waals surface area contributed by atoms with Crippen LogP contribution in [0.15, 0.2) is 11.1 Å². The van der Waals surface area contributed by atoms with E-state index in [1.165, 1.54) is 0 Å². The van der Waals surface area contributed by atoms with E-state index < -0.39 is 39.7 Å². The molecule has 0 aromatic carbocycles. The zero-order valence-electron chi connectivity index (χ0n) is 8.73. The smallest absolute Gasteiger partial charge is 0.307 e. The minimum atomic E-state index is -5.54. The number of rotatable bonds is 2. The molecule has 0 bridgehead atoms. The maximum atomic E-state index is 11.8. The van der Waals surface area contributed by atoms with Crippen molar-refractivity contribution >= 4 is 11.9 Å².